The first-order valence-corrected chi connectivity index (χ1v) is 9.67. The van der Waals surface area contributed by atoms with Gasteiger partial charge in [0.05, 0.1) is 12.7 Å². The van der Waals surface area contributed by atoms with Crippen LogP contribution in [0.4, 0.5) is 17.5 Å². The molecule has 5 heteroatoms. The summed E-state index contributed by atoms with van der Waals surface area (Å²) in [5.74, 6) is 1.26. The van der Waals surface area contributed by atoms with Gasteiger partial charge in [0.15, 0.2) is 5.82 Å². The molecule has 4 aromatic rings. The molecule has 0 aliphatic heterocycles. The third kappa shape index (κ3) is 4.76. The molecule has 0 radical (unpaired) electrons. The van der Waals surface area contributed by atoms with Crippen molar-refractivity contribution in [3.63, 3.8) is 0 Å². The number of benzene rings is 3. The number of hydrogen-bond donors (Lipinski definition) is 1. The van der Waals surface area contributed by atoms with Gasteiger partial charge in [-0.1, -0.05) is 78.9 Å². The molecule has 0 aliphatic rings. The van der Waals surface area contributed by atoms with Crippen LogP contribution in [0, 0.1) is 0 Å². The smallest absolute Gasteiger partial charge is 0.252 e. The van der Waals surface area contributed by atoms with Crippen LogP contribution in [0.2, 0.25) is 0 Å². The molecule has 0 saturated carbocycles. The van der Waals surface area contributed by atoms with Crippen molar-refractivity contribution in [1.29, 1.82) is 0 Å². The van der Waals surface area contributed by atoms with Crippen LogP contribution in [0.25, 0.3) is 0 Å². The van der Waals surface area contributed by atoms with Gasteiger partial charge < -0.3 is 10.2 Å². The number of rotatable bonds is 7. The summed E-state index contributed by atoms with van der Waals surface area (Å²) in [6.45, 7) is 2.76. The Bertz CT molecular complexity index is 1020. The maximum Gasteiger partial charge on any atom is 0.252 e. The highest BCUT2D eigenvalue weighted by Crippen LogP contribution is 2.25. The van der Waals surface area contributed by atoms with E-state index in [-0.39, 0.29) is 6.04 Å². The second-order valence-corrected chi connectivity index (χ2v) is 6.83. The molecule has 0 spiro atoms. The van der Waals surface area contributed by atoms with E-state index < -0.39 is 0 Å². The molecule has 0 amide bonds. The van der Waals surface area contributed by atoms with Crippen LogP contribution in [-0.4, -0.2) is 15.2 Å². The molecule has 0 aliphatic carbocycles. The molecule has 1 aromatic heterocycles. The fourth-order valence-corrected chi connectivity index (χ4v) is 3.18. The van der Waals surface area contributed by atoms with E-state index in [2.05, 4.69) is 63.7 Å². The summed E-state index contributed by atoms with van der Waals surface area (Å²) in [6.07, 6.45) is 1.66. The average molecular weight is 381 g/mol. The van der Waals surface area contributed by atoms with Crippen molar-refractivity contribution in [2.75, 3.05) is 10.2 Å². The Kier molecular flexibility index (Phi) is 5.76. The molecular formula is C24H23N5. The normalized spacial score (nSPS) is 11.6. The first kappa shape index (κ1) is 18.6. The van der Waals surface area contributed by atoms with Crippen LogP contribution < -0.4 is 10.2 Å². The second-order valence-electron chi connectivity index (χ2n) is 6.83. The third-order valence-corrected chi connectivity index (χ3v) is 4.70. The minimum atomic E-state index is 0.111. The van der Waals surface area contributed by atoms with Gasteiger partial charge in [-0.05, 0) is 30.2 Å². The topological polar surface area (TPSA) is 53.9 Å². The summed E-state index contributed by atoms with van der Waals surface area (Å²) < 4.78 is 0. The van der Waals surface area contributed by atoms with E-state index in [0.29, 0.717) is 18.3 Å². The van der Waals surface area contributed by atoms with E-state index >= 15 is 0 Å². The van der Waals surface area contributed by atoms with Gasteiger partial charge in [-0.25, -0.2) is 0 Å². The number of nitrogens with one attached hydrogen (secondary N) is 1. The van der Waals surface area contributed by atoms with E-state index in [1.807, 2.05) is 54.6 Å². The molecule has 1 unspecified atom stereocenters. The number of para-hydroxylation sites is 1. The molecule has 1 N–H and O–H groups in total. The van der Waals surface area contributed by atoms with Crippen LogP contribution >= 0.6 is 0 Å². The van der Waals surface area contributed by atoms with E-state index in [1.165, 1.54) is 11.1 Å². The van der Waals surface area contributed by atoms with Gasteiger partial charge in [-0.2, -0.15) is 10.1 Å². The fourth-order valence-electron chi connectivity index (χ4n) is 3.18. The summed E-state index contributed by atoms with van der Waals surface area (Å²) >= 11 is 0. The second kappa shape index (κ2) is 8.97. The SMILES string of the molecule is CC(Nc1cnnc(N(Cc2ccccc2)c2ccccc2)n1)c1ccccc1. The lowest BCUT2D eigenvalue weighted by Crippen LogP contribution is -2.20. The van der Waals surface area contributed by atoms with E-state index in [4.69, 9.17) is 4.98 Å². The number of nitrogens with zero attached hydrogens (tertiary/aromatic N) is 4. The Labute approximate surface area is 171 Å². The maximum absolute atomic E-state index is 4.75. The fraction of sp³-hybridized carbons (Fsp3) is 0.125. The predicted octanol–water partition coefficient (Wildman–Crippen LogP) is 5.38. The van der Waals surface area contributed by atoms with Crippen LogP contribution in [0.15, 0.2) is 97.2 Å². The third-order valence-electron chi connectivity index (χ3n) is 4.70. The van der Waals surface area contributed by atoms with Gasteiger partial charge in [0, 0.05) is 11.7 Å². The molecule has 5 nitrogen and oxygen atoms in total. The molecule has 1 heterocycles. The van der Waals surface area contributed by atoms with Gasteiger partial charge in [0.25, 0.3) is 5.95 Å². The predicted molar refractivity (Wildman–Crippen MR) is 117 cm³/mol. The monoisotopic (exact) mass is 381 g/mol. The van der Waals surface area contributed by atoms with Gasteiger partial charge in [0.2, 0.25) is 0 Å². The Morgan fingerprint density at radius 2 is 1.45 bits per heavy atom. The quantitative estimate of drug-likeness (QED) is 0.466. The van der Waals surface area contributed by atoms with Crippen molar-refractivity contribution < 1.29 is 0 Å². The van der Waals surface area contributed by atoms with Crippen molar-refractivity contribution in [3.8, 4) is 0 Å². The summed E-state index contributed by atoms with van der Waals surface area (Å²) in [4.78, 5) is 6.82. The largest absolute Gasteiger partial charge is 0.362 e. The van der Waals surface area contributed by atoms with Crippen molar-refractivity contribution in [2.45, 2.75) is 19.5 Å². The zero-order valence-electron chi connectivity index (χ0n) is 16.3. The summed E-state index contributed by atoms with van der Waals surface area (Å²) in [5, 5.41) is 11.9. The molecule has 0 fully saturated rings. The Balaban J connectivity index is 1.62. The first-order chi connectivity index (χ1) is 14.3. The highest BCUT2D eigenvalue weighted by atomic mass is 15.3. The summed E-state index contributed by atoms with van der Waals surface area (Å²) in [6, 6.07) is 30.8. The van der Waals surface area contributed by atoms with Gasteiger partial charge in [-0.15, -0.1) is 5.10 Å². The minimum Gasteiger partial charge on any atom is -0.362 e. The lowest BCUT2D eigenvalue weighted by molar-refractivity contribution is 0.833. The van der Waals surface area contributed by atoms with E-state index in [1.54, 1.807) is 6.20 Å². The van der Waals surface area contributed by atoms with Crippen molar-refractivity contribution in [3.05, 3.63) is 108 Å². The highest BCUT2D eigenvalue weighted by molar-refractivity contribution is 5.58. The van der Waals surface area contributed by atoms with Crippen LogP contribution in [-0.2, 0) is 6.54 Å². The average Bonchev–Trinajstić information content (AvgIpc) is 2.79. The van der Waals surface area contributed by atoms with Crippen LogP contribution in [0.5, 0.6) is 0 Å². The van der Waals surface area contributed by atoms with Crippen molar-refractivity contribution in [1.82, 2.24) is 15.2 Å². The van der Waals surface area contributed by atoms with Gasteiger partial charge in [0.1, 0.15) is 0 Å². The Hall–Kier alpha value is -3.73. The number of aromatic nitrogens is 3. The molecule has 0 saturated heterocycles. The zero-order chi connectivity index (χ0) is 19.9. The van der Waals surface area contributed by atoms with Gasteiger partial charge >= 0.3 is 0 Å². The van der Waals surface area contributed by atoms with Crippen molar-refractivity contribution >= 4 is 17.5 Å². The molecule has 1 atom stereocenters. The molecule has 0 bridgehead atoms. The summed E-state index contributed by atoms with van der Waals surface area (Å²) in [5.41, 5.74) is 3.39. The summed E-state index contributed by atoms with van der Waals surface area (Å²) in [7, 11) is 0. The van der Waals surface area contributed by atoms with E-state index in [0.717, 1.165) is 5.69 Å². The lowest BCUT2D eigenvalue weighted by atomic mass is 10.1. The standard InChI is InChI=1S/C24H23N5/c1-19(21-13-7-3-8-14-21)26-23-17-25-28-24(27-23)29(22-15-9-4-10-16-22)18-20-11-5-2-6-12-20/h2-17,19H,18H2,1H3,(H,26,27,28). The van der Waals surface area contributed by atoms with Crippen LogP contribution in [0.3, 0.4) is 0 Å². The molecule has 4 rings (SSSR count). The first-order valence-electron chi connectivity index (χ1n) is 9.67. The molecule has 144 valence electrons. The minimum absolute atomic E-state index is 0.111. The number of hydrogen-bond acceptors (Lipinski definition) is 5. The molecule has 29 heavy (non-hydrogen) atoms. The Morgan fingerprint density at radius 1 is 0.828 bits per heavy atom. The zero-order valence-corrected chi connectivity index (χ0v) is 16.3. The van der Waals surface area contributed by atoms with Crippen molar-refractivity contribution in [2.24, 2.45) is 0 Å². The maximum atomic E-state index is 4.75. The number of anilines is 3. The van der Waals surface area contributed by atoms with Gasteiger partial charge in [-0.3, -0.25) is 0 Å². The highest BCUT2D eigenvalue weighted by Gasteiger charge is 2.15. The Morgan fingerprint density at radius 3 is 2.14 bits per heavy atom. The van der Waals surface area contributed by atoms with E-state index in [9.17, 15) is 0 Å². The molecular weight excluding hydrogens is 358 g/mol. The van der Waals surface area contributed by atoms with Crippen LogP contribution in [0.1, 0.15) is 24.1 Å². The molecule has 3 aromatic carbocycles. The lowest BCUT2D eigenvalue weighted by Gasteiger charge is -2.23.